The normalized spacial score (nSPS) is 21.6. The van der Waals surface area contributed by atoms with Gasteiger partial charge >= 0.3 is 5.97 Å². The summed E-state index contributed by atoms with van der Waals surface area (Å²) in [5.74, 6) is -1.23. The van der Waals surface area contributed by atoms with Crippen LogP contribution in [-0.2, 0) is 14.8 Å². The molecule has 1 spiro atoms. The van der Waals surface area contributed by atoms with Crippen LogP contribution in [0.2, 0.25) is 0 Å². The van der Waals surface area contributed by atoms with E-state index in [9.17, 15) is 18.0 Å². The van der Waals surface area contributed by atoms with E-state index >= 15 is 0 Å². The minimum Gasteiger partial charge on any atom is -0.481 e. The minimum absolute atomic E-state index is 0.0786. The van der Waals surface area contributed by atoms with Crippen LogP contribution in [0.4, 0.5) is 0 Å². The molecule has 1 heterocycles. The van der Waals surface area contributed by atoms with Crippen molar-refractivity contribution in [2.24, 2.45) is 11.3 Å². The van der Waals surface area contributed by atoms with Gasteiger partial charge in [0.15, 0.2) is 0 Å². The molecule has 1 saturated heterocycles. The molecular weight excluding hydrogens is 356 g/mol. The second-order valence-corrected chi connectivity index (χ2v) is 8.99. The molecule has 2 N–H and O–H groups in total. The Kier molecular flexibility index (Phi) is 4.83. The van der Waals surface area contributed by atoms with E-state index in [1.54, 1.807) is 24.8 Å². The number of carboxylic acid groups (broad SMARTS) is 1. The van der Waals surface area contributed by atoms with E-state index in [1.807, 2.05) is 0 Å². The second kappa shape index (κ2) is 6.66. The summed E-state index contributed by atoms with van der Waals surface area (Å²) in [7, 11) is -3.63. The van der Waals surface area contributed by atoms with Crippen LogP contribution in [-0.4, -0.2) is 49.9 Å². The number of nitrogens with one attached hydrogen (secondary N) is 1. The molecule has 8 heteroatoms. The number of aryl methyl sites for hydroxylation is 1. The molecule has 1 aliphatic heterocycles. The zero-order valence-electron chi connectivity index (χ0n) is 15.0. The molecule has 1 amide bonds. The Balaban J connectivity index is 1.76. The Bertz CT molecular complexity index is 841. The highest BCUT2D eigenvalue weighted by Crippen LogP contribution is 2.59. The lowest BCUT2D eigenvalue weighted by Gasteiger charge is -2.33. The van der Waals surface area contributed by atoms with Gasteiger partial charge in [-0.3, -0.25) is 9.59 Å². The van der Waals surface area contributed by atoms with Crippen LogP contribution < -0.4 is 4.72 Å². The van der Waals surface area contributed by atoms with Crippen molar-refractivity contribution in [3.8, 4) is 0 Å². The lowest BCUT2D eigenvalue weighted by atomic mass is 9.90. The van der Waals surface area contributed by atoms with Crippen LogP contribution >= 0.6 is 0 Å². The van der Waals surface area contributed by atoms with E-state index in [0.717, 1.165) is 5.56 Å². The molecule has 1 aliphatic carbocycles. The Morgan fingerprint density at radius 2 is 1.96 bits per heavy atom. The van der Waals surface area contributed by atoms with Crippen LogP contribution in [0.3, 0.4) is 0 Å². The van der Waals surface area contributed by atoms with E-state index in [4.69, 9.17) is 5.11 Å². The molecular formula is C18H24N2O5S. The molecule has 2 aliphatic rings. The summed E-state index contributed by atoms with van der Waals surface area (Å²) >= 11 is 0. The number of hydrogen-bond acceptors (Lipinski definition) is 4. The zero-order chi connectivity index (χ0) is 19.1. The van der Waals surface area contributed by atoms with Crippen molar-refractivity contribution in [2.75, 3.05) is 19.6 Å². The number of piperidine rings is 1. The zero-order valence-corrected chi connectivity index (χ0v) is 15.8. The standard InChI is InChI=1S/C18H24N2O5S/c1-3-19-26(24,25)13-5-4-12(2)14(10-13)16(21)20-8-6-18(7-9-20)11-15(18)17(22)23/h4-5,10,15,19H,3,6-9,11H2,1-2H3,(H,22,23). The van der Waals surface area contributed by atoms with Crippen molar-refractivity contribution in [1.82, 2.24) is 9.62 Å². The molecule has 0 radical (unpaired) electrons. The fourth-order valence-corrected chi connectivity index (χ4v) is 4.91. The lowest BCUT2D eigenvalue weighted by Crippen LogP contribution is -2.40. The summed E-state index contributed by atoms with van der Waals surface area (Å²) in [5, 5.41) is 9.17. The first kappa shape index (κ1) is 18.8. The first-order chi connectivity index (χ1) is 12.2. The number of carbonyl (C=O) groups excluding carboxylic acids is 1. The van der Waals surface area contributed by atoms with Crippen molar-refractivity contribution in [3.05, 3.63) is 29.3 Å². The minimum atomic E-state index is -3.63. The number of carboxylic acids is 1. The maximum atomic E-state index is 12.9. The highest BCUT2D eigenvalue weighted by molar-refractivity contribution is 7.89. The summed E-state index contributed by atoms with van der Waals surface area (Å²) in [6.07, 6.45) is 2.06. The molecule has 1 atom stereocenters. The van der Waals surface area contributed by atoms with Gasteiger partial charge in [0.2, 0.25) is 10.0 Å². The lowest BCUT2D eigenvalue weighted by molar-refractivity contribution is -0.139. The molecule has 2 fully saturated rings. The van der Waals surface area contributed by atoms with E-state index < -0.39 is 16.0 Å². The maximum absolute atomic E-state index is 12.9. The number of amides is 1. The third-order valence-corrected chi connectivity index (χ3v) is 7.16. The Morgan fingerprint density at radius 1 is 1.31 bits per heavy atom. The smallest absolute Gasteiger partial charge is 0.307 e. The molecule has 7 nitrogen and oxygen atoms in total. The predicted octanol–water partition coefficient (Wildman–Crippen LogP) is 1.62. The van der Waals surface area contributed by atoms with Gasteiger partial charge in [-0.25, -0.2) is 13.1 Å². The van der Waals surface area contributed by atoms with Gasteiger partial charge in [0.05, 0.1) is 10.8 Å². The molecule has 1 saturated carbocycles. The van der Waals surface area contributed by atoms with E-state index in [2.05, 4.69) is 4.72 Å². The average molecular weight is 380 g/mol. The second-order valence-electron chi connectivity index (χ2n) is 7.23. The van der Waals surface area contributed by atoms with Crippen LogP contribution in [0.1, 0.15) is 42.1 Å². The van der Waals surface area contributed by atoms with Crippen LogP contribution in [0.25, 0.3) is 0 Å². The predicted molar refractivity (Wildman–Crippen MR) is 95.4 cm³/mol. The third kappa shape index (κ3) is 3.35. The average Bonchev–Trinajstić information content (AvgIpc) is 3.29. The first-order valence-corrected chi connectivity index (χ1v) is 10.3. The summed E-state index contributed by atoms with van der Waals surface area (Å²) in [4.78, 5) is 25.8. The number of nitrogens with zero attached hydrogens (tertiary/aromatic N) is 1. The highest BCUT2D eigenvalue weighted by Gasteiger charge is 2.59. The molecule has 1 aromatic carbocycles. The van der Waals surface area contributed by atoms with Crippen molar-refractivity contribution in [2.45, 2.75) is 38.0 Å². The van der Waals surface area contributed by atoms with Gasteiger partial charge in [-0.2, -0.15) is 0 Å². The molecule has 0 bridgehead atoms. The van der Waals surface area contributed by atoms with Gasteiger partial charge in [0.25, 0.3) is 5.91 Å². The number of benzene rings is 1. The summed E-state index contributed by atoms with van der Waals surface area (Å²) < 4.78 is 26.8. The Hall–Kier alpha value is -1.93. The number of carbonyl (C=O) groups is 2. The van der Waals surface area contributed by atoms with Gasteiger partial charge in [0, 0.05) is 25.2 Å². The van der Waals surface area contributed by atoms with Crippen LogP contribution in [0.5, 0.6) is 0 Å². The molecule has 26 heavy (non-hydrogen) atoms. The molecule has 142 valence electrons. The van der Waals surface area contributed by atoms with Gasteiger partial charge in [-0.15, -0.1) is 0 Å². The molecule has 1 aromatic rings. The topological polar surface area (TPSA) is 104 Å². The number of likely N-dealkylation sites (tertiary alicyclic amines) is 1. The maximum Gasteiger partial charge on any atom is 0.307 e. The van der Waals surface area contributed by atoms with Crippen molar-refractivity contribution in [3.63, 3.8) is 0 Å². The number of sulfonamides is 1. The summed E-state index contributed by atoms with van der Waals surface area (Å²) in [6.45, 7) is 4.77. The SMILES string of the molecule is CCNS(=O)(=O)c1ccc(C)c(C(=O)N2CCC3(CC2)CC3C(=O)O)c1. The largest absolute Gasteiger partial charge is 0.481 e. The van der Waals surface area contributed by atoms with Gasteiger partial charge in [0.1, 0.15) is 0 Å². The Morgan fingerprint density at radius 3 is 2.50 bits per heavy atom. The van der Waals surface area contributed by atoms with Gasteiger partial charge < -0.3 is 10.0 Å². The number of rotatable bonds is 5. The van der Waals surface area contributed by atoms with Gasteiger partial charge in [-0.1, -0.05) is 13.0 Å². The summed E-state index contributed by atoms with van der Waals surface area (Å²) in [6, 6.07) is 4.57. The quantitative estimate of drug-likeness (QED) is 0.808. The third-order valence-electron chi connectivity index (χ3n) is 5.62. The number of hydrogen-bond donors (Lipinski definition) is 2. The highest BCUT2D eigenvalue weighted by atomic mass is 32.2. The van der Waals surface area contributed by atoms with Crippen molar-refractivity contribution >= 4 is 21.9 Å². The monoisotopic (exact) mass is 380 g/mol. The number of aliphatic carboxylic acids is 1. The first-order valence-electron chi connectivity index (χ1n) is 8.82. The molecule has 1 unspecified atom stereocenters. The van der Waals surface area contributed by atoms with E-state index in [0.29, 0.717) is 37.9 Å². The van der Waals surface area contributed by atoms with Crippen molar-refractivity contribution in [1.29, 1.82) is 0 Å². The van der Waals surface area contributed by atoms with Crippen LogP contribution in [0.15, 0.2) is 23.1 Å². The fourth-order valence-electron chi connectivity index (χ4n) is 3.85. The van der Waals surface area contributed by atoms with E-state index in [1.165, 1.54) is 12.1 Å². The molecule has 0 aromatic heterocycles. The van der Waals surface area contributed by atoms with Gasteiger partial charge in [-0.05, 0) is 49.3 Å². The van der Waals surface area contributed by atoms with Crippen molar-refractivity contribution < 1.29 is 23.1 Å². The molecule has 3 rings (SSSR count). The fraction of sp³-hybridized carbons (Fsp3) is 0.556. The Labute approximate surface area is 153 Å². The van der Waals surface area contributed by atoms with E-state index in [-0.39, 0.29) is 28.7 Å². The summed E-state index contributed by atoms with van der Waals surface area (Å²) in [5.41, 5.74) is 0.958. The van der Waals surface area contributed by atoms with Crippen LogP contribution in [0, 0.1) is 18.3 Å².